The average molecular weight is 284 g/mol. The molecule has 3 rings (SSSR count). The van der Waals surface area contributed by atoms with E-state index in [0.717, 1.165) is 18.9 Å². The molecule has 112 valence electrons. The van der Waals surface area contributed by atoms with Crippen LogP contribution in [0.25, 0.3) is 5.82 Å². The van der Waals surface area contributed by atoms with Crippen LogP contribution in [0.4, 0.5) is 0 Å². The molecule has 21 heavy (non-hydrogen) atoms. The van der Waals surface area contributed by atoms with Crippen LogP contribution in [0.5, 0.6) is 0 Å². The Hall–Kier alpha value is -1.68. The summed E-state index contributed by atoms with van der Waals surface area (Å²) in [5.41, 5.74) is 3.89. The first-order valence-electron chi connectivity index (χ1n) is 7.85. The molecule has 4 heteroatoms. The highest BCUT2D eigenvalue weighted by Gasteiger charge is 2.30. The fourth-order valence-electron chi connectivity index (χ4n) is 2.63. The molecule has 1 fully saturated rings. The second kappa shape index (κ2) is 5.98. The molecule has 0 radical (unpaired) electrons. The van der Waals surface area contributed by atoms with Gasteiger partial charge in [0, 0.05) is 24.2 Å². The van der Waals surface area contributed by atoms with Crippen LogP contribution in [0.2, 0.25) is 0 Å². The van der Waals surface area contributed by atoms with Gasteiger partial charge in [0.25, 0.3) is 0 Å². The first kappa shape index (κ1) is 14.3. The molecule has 0 aliphatic heterocycles. The summed E-state index contributed by atoms with van der Waals surface area (Å²) in [6, 6.07) is 4.12. The smallest absolute Gasteiger partial charge is 0.153 e. The summed E-state index contributed by atoms with van der Waals surface area (Å²) < 4.78 is 2.04. The van der Waals surface area contributed by atoms with Gasteiger partial charge in [0.05, 0.1) is 11.9 Å². The number of pyridine rings is 1. The van der Waals surface area contributed by atoms with Crippen LogP contribution in [-0.4, -0.2) is 21.3 Å². The molecule has 1 saturated carbocycles. The van der Waals surface area contributed by atoms with Crippen molar-refractivity contribution in [3.63, 3.8) is 0 Å². The van der Waals surface area contributed by atoms with E-state index < -0.39 is 0 Å². The van der Waals surface area contributed by atoms with Crippen LogP contribution in [0, 0.1) is 12.8 Å². The van der Waals surface area contributed by atoms with E-state index in [4.69, 9.17) is 0 Å². The first-order valence-corrected chi connectivity index (χ1v) is 7.85. The summed E-state index contributed by atoms with van der Waals surface area (Å²) in [6.45, 7) is 8.49. The normalized spacial score (nSPS) is 14.9. The van der Waals surface area contributed by atoms with E-state index in [1.54, 1.807) is 0 Å². The van der Waals surface area contributed by atoms with Gasteiger partial charge in [0.2, 0.25) is 0 Å². The van der Waals surface area contributed by atoms with Crippen molar-refractivity contribution in [2.75, 3.05) is 6.54 Å². The molecule has 2 heterocycles. The monoisotopic (exact) mass is 284 g/mol. The molecule has 1 aliphatic carbocycles. The first-order chi connectivity index (χ1) is 10.1. The minimum atomic E-state index is 0.658. The standard InChI is InChI=1S/C17H24N4/c1-12(2)9-18-10-15-11-20-21(17(15)14-4-5-14)16-8-13(3)6-7-19-16/h6-8,11-12,14,18H,4-5,9-10H2,1-3H3. The van der Waals surface area contributed by atoms with Gasteiger partial charge in [-0.1, -0.05) is 13.8 Å². The minimum absolute atomic E-state index is 0.658. The van der Waals surface area contributed by atoms with E-state index in [2.05, 4.69) is 42.2 Å². The van der Waals surface area contributed by atoms with Crippen molar-refractivity contribution >= 4 is 0 Å². The molecule has 0 saturated heterocycles. The van der Waals surface area contributed by atoms with Crippen molar-refractivity contribution in [2.24, 2.45) is 5.92 Å². The fraction of sp³-hybridized carbons (Fsp3) is 0.529. The van der Waals surface area contributed by atoms with Crippen molar-refractivity contribution in [3.05, 3.63) is 41.3 Å². The van der Waals surface area contributed by atoms with Crippen LogP contribution in [0.1, 0.15) is 49.4 Å². The Morgan fingerprint density at radius 2 is 2.19 bits per heavy atom. The zero-order valence-electron chi connectivity index (χ0n) is 13.1. The van der Waals surface area contributed by atoms with Gasteiger partial charge in [-0.05, 0) is 49.9 Å². The Morgan fingerprint density at radius 3 is 2.86 bits per heavy atom. The van der Waals surface area contributed by atoms with Crippen LogP contribution in [0.15, 0.2) is 24.5 Å². The number of aromatic nitrogens is 3. The molecule has 4 nitrogen and oxygen atoms in total. The largest absolute Gasteiger partial charge is 0.312 e. The maximum absolute atomic E-state index is 4.60. The zero-order valence-corrected chi connectivity index (χ0v) is 13.1. The topological polar surface area (TPSA) is 42.7 Å². The second-order valence-electron chi connectivity index (χ2n) is 6.46. The van der Waals surface area contributed by atoms with E-state index in [0.29, 0.717) is 11.8 Å². The predicted molar refractivity (Wildman–Crippen MR) is 84.6 cm³/mol. The lowest BCUT2D eigenvalue weighted by molar-refractivity contribution is 0.550. The van der Waals surface area contributed by atoms with E-state index in [9.17, 15) is 0 Å². The van der Waals surface area contributed by atoms with Crippen molar-refractivity contribution in [1.29, 1.82) is 0 Å². The molecule has 2 aromatic rings. The molecule has 0 amide bonds. The van der Waals surface area contributed by atoms with E-state index >= 15 is 0 Å². The lowest BCUT2D eigenvalue weighted by atomic mass is 10.1. The van der Waals surface area contributed by atoms with Crippen LogP contribution >= 0.6 is 0 Å². The Labute approximate surface area is 126 Å². The predicted octanol–water partition coefficient (Wildman–Crippen LogP) is 3.20. The Balaban J connectivity index is 1.86. The lowest BCUT2D eigenvalue weighted by Crippen LogP contribution is -2.19. The summed E-state index contributed by atoms with van der Waals surface area (Å²) >= 11 is 0. The summed E-state index contributed by atoms with van der Waals surface area (Å²) in [5, 5.41) is 8.13. The van der Waals surface area contributed by atoms with Crippen LogP contribution in [0.3, 0.4) is 0 Å². The van der Waals surface area contributed by atoms with Gasteiger partial charge in [0.1, 0.15) is 0 Å². The number of nitrogens with one attached hydrogen (secondary N) is 1. The lowest BCUT2D eigenvalue weighted by Gasteiger charge is -2.10. The highest BCUT2D eigenvalue weighted by atomic mass is 15.3. The summed E-state index contributed by atoms with van der Waals surface area (Å²) in [4.78, 5) is 4.48. The van der Waals surface area contributed by atoms with Crippen molar-refractivity contribution in [2.45, 2.75) is 46.1 Å². The van der Waals surface area contributed by atoms with Crippen molar-refractivity contribution in [1.82, 2.24) is 20.1 Å². The Bertz CT molecular complexity index is 611. The van der Waals surface area contributed by atoms with Gasteiger partial charge in [-0.15, -0.1) is 0 Å². The average Bonchev–Trinajstić information content (AvgIpc) is 3.19. The summed E-state index contributed by atoms with van der Waals surface area (Å²) in [7, 11) is 0. The molecule has 0 unspecified atom stereocenters. The molecular weight excluding hydrogens is 260 g/mol. The summed E-state index contributed by atoms with van der Waals surface area (Å²) in [5.74, 6) is 2.26. The Kier molecular flexibility index (Phi) is 4.06. The van der Waals surface area contributed by atoms with Gasteiger partial charge >= 0.3 is 0 Å². The third kappa shape index (κ3) is 3.32. The third-order valence-corrected chi connectivity index (χ3v) is 3.84. The highest BCUT2D eigenvalue weighted by Crippen LogP contribution is 2.42. The number of hydrogen-bond acceptors (Lipinski definition) is 3. The number of rotatable bonds is 6. The van der Waals surface area contributed by atoms with Gasteiger partial charge in [-0.3, -0.25) is 0 Å². The SMILES string of the molecule is Cc1ccnc(-n2ncc(CNCC(C)C)c2C2CC2)c1. The van der Waals surface area contributed by atoms with E-state index in [-0.39, 0.29) is 0 Å². The van der Waals surface area contributed by atoms with Gasteiger partial charge in [-0.2, -0.15) is 5.10 Å². The van der Waals surface area contributed by atoms with Crippen molar-refractivity contribution in [3.8, 4) is 5.82 Å². The Morgan fingerprint density at radius 1 is 1.38 bits per heavy atom. The third-order valence-electron chi connectivity index (χ3n) is 3.84. The minimum Gasteiger partial charge on any atom is -0.312 e. The maximum atomic E-state index is 4.60. The van der Waals surface area contributed by atoms with E-state index in [1.807, 2.05) is 23.1 Å². The molecule has 0 bridgehead atoms. The maximum Gasteiger partial charge on any atom is 0.153 e. The van der Waals surface area contributed by atoms with Crippen LogP contribution in [-0.2, 0) is 6.54 Å². The number of nitrogens with zero attached hydrogens (tertiary/aromatic N) is 3. The van der Waals surface area contributed by atoms with Gasteiger partial charge in [0.15, 0.2) is 5.82 Å². The second-order valence-corrected chi connectivity index (χ2v) is 6.46. The van der Waals surface area contributed by atoms with Gasteiger partial charge < -0.3 is 5.32 Å². The molecule has 2 aromatic heterocycles. The molecular formula is C17H24N4. The molecule has 1 aliphatic rings. The van der Waals surface area contributed by atoms with Crippen molar-refractivity contribution < 1.29 is 0 Å². The highest BCUT2D eigenvalue weighted by molar-refractivity contribution is 5.35. The van der Waals surface area contributed by atoms with Gasteiger partial charge in [-0.25, -0.2) is 9.67 Å². The molecule has 1 N–H and O–H groups in total. The van der Waals surface area contributed by atoms with E-state index in [1.165, 1.54) is 29.7 Å². The molecule has 0 atom stereocenters. The number of hydrogen-bond donors (Lipinski definition) is 1. The zero-order chi connectivity index (χ0) is 14.8. The number of aryl methyl sites for hydroxylation is 1. The molecule has 0 aromatic carbocycles. The fourth-order valence-corrected chi connectivity index (χ4v) is 2.63. The quantitative estimate of drug-likeness (QED) is 0.886. The van der Waals surface area contributed by atoms with Crippen LogP contribution < -0.4 is 5.32 Å². The molecule has 0 spiro atoms. The summed E-state index contributed by atoms with van der Waals surface area (Å²) in [6.07, 6.45) is 6.41.